The van der Waals surface area contributed by atoms with E-state index in [1.807, 2.05) is 24.3 Å². The Morgan fingerprint density at radius 1 is 1.20 bits per heavy atom. The van der Waals surface area contributed by atoms with Crippen LogP contribution >= 0.6 is 0 Å². The van der Waals surface area contributed by atoms with E-state index in [-0.39, 0.29) is 0 Å². The Balaban J connectivity index is 1.93. The second-order valence-corrected chi connectivity index (χ2v) is 15.1. The molecule has 1 aromatic carbocycles. The van der Waals surface area contributed by atoms with Gasteiger partial charge in [0.1, 0.15) is 13.8 Å². The summed E-state index contributed by atoms with van der Waals surface area (Å²) < 4.78 is 11.2. The lowest BCUT2D eigenvalue weighted by Gasteiger charge is -2.44. The highest BCUT2D eigenvalue weighted by molar-refractivity contribution is 6.83. The maximum absolute atomic E-state index is 11.5. The van der Waals surface area contributed by atoms with Crippen LogP contribution in [0, 0.1) is 29.2 Å². The van der Waals surface area contributed by atoms with E-state index in [0.29, 0.717) is 31.0 Å². The summed E-state index contributed by atoms with van der Waals surface area (Å²) in [6, 6.07) is 7.94. The monoisotopic (exact) mass is 430 g/mol. The molecule has 0 aromatic heterocycles. The van der Waals surface area contributed by atoms with Gasteiger partial charge in [-0.1, -0.05) is 45.6 Å². The van der Waals surface area contributed by atoms with E-state index in [1.54, 1.807) is 7.11 Å². The van der Waals surface area contributed by atoms with Crippen molar-refractivity contribution in [3.63, 3.8) is 0 Å². The standard InChI is InChI=1S/C26H42O3Si/c1-21(2)23-15-16-26(27,20-29-19-22-11-13-25(28-3)14-12-22)24(18-23)10-8-7-9-17-30(4,5)6/h11-14,21,23-24,27H,7-8,10,15-16,18-20H2,1-6H3/t23-,24?,26?/m0/s1. The number of rotatable bonds is 9. The fourth-order valence-corrected chi connectivity index (χ4v) is 5.01. The molecule has 0 amide bonds. The number of hydrogen-bond donors (Lipinski definition) is 1. The van der Waals surface area contributed by atoms with Crippen LogP contribution in [-0.4, -0.2) is 32.5 Å². The van der Waals surface area contributed by atoms with Crippen LogP contribution in [0.5, 0.6) is 5.75 Å². The van der Waals surface area contributed by atoms with Crippen LogP contribution in [0.15, 0.2) is 24.3 Å². The largest absolute Gasteiger partial charge is 0.497 e. The molecular weight excluding hydrogens is 388 g/mol. The van der Waals surface area contributed by atoms with Crippen molar-refractivity contribution in [1.29, 1.82) is 0 Å². The molecule has 0 spiro atoms. The summed E-state index contributed by atoms with van der Waals surface area (Å²) in [5.74, 6) is 5.90. The Morgan fingerprint density at radius 2 is 1.90 bits per heavy atom. The number of benzene rings is 1. The molecule has 168 valence electrons. The van der Waals surface area contributed by atoms with Crippen molar-refractivity contribution in [1.82, 2.24) is 0 Å². The smallest absolute Gasteiger partial charge is 0.129 e. The second kappa shape index (κ2) is 11.4. The number of methoxy groups -OCH3 is 1. The molecule has 0 saturated heterocycles. The van der Waals surface area contributed by atoms with Crippen LogP contribution in [0.1, 0.15) is 57.9 Å². The first kappa shape index (κ1) is 25.0. The molecule has 1 fully saturated rings. The average molecular weight is 431 g/mol. The van der Waals surface area contributed by atoms with Gasteiger partial charge in [-0.05, 0) is 67.6 Å². The van der Waals surface area contributed by atoms with Crippen LogP contribution in [-0.2, 0) is 11.3 Å². The molecule has 2 rings (SSSR count). The van der Waals surface area contributed by atoms with Gasteiger partial charge in [0.25, 0.3) is 0 Å². The minimum absolute atomic E-state index is 0.295. The molecule has 3 nitrogen and oxygen atoms in total. The Bertz CT molecular complexity index is 696. The highest BCUT2D eigenvalue weighted by Crippen LogP contribution is 2.42. The number of hydrogen-bond acceptors (Lipinski definition) is 3. The van der Waals surface area contributed by atoms with E-state index in [4.69, 9.17) is 9.47 Å². The van der Waals surface area contributed by atoms with Gasteiger partial charge < -0.3 is 14.6 Å². The SMILES string of the molecule is COc1ccc(COCC2(O)CC[C@H](C(C)C)CC2CCCC#C[Si](C)(C)C)cc1. The molecule has 3 atom stereocenters. The number of aliphatic hydroxyl groups is 1. The Hall–Kier alpha value is -1.28. The fraction of sp³-hybridized carbons (Fsp3) is 0.692. The van der Waals surface area contributed by atoms with Crippen LogP contribution in [0.4, 0.5) is 0 Å². The summed E-state index contributed by atoms with van der Waals surface area (Å²) >= 11 is 0. The lowest BCUT2D eigenvalue weighted by atomic mass is 9.67. The van der Waals surface area contributed by atoms with Gasteiger partial charge in [-0.25, -0.2) is 0 Å². The normalized spacial score (nSPS) is 24.4. The van der Waals surface area contributed by atoms with E-state index >= 15 is 0 Å². The fourth-order valence-electron chi connectivity index (χ4n) is 4.36. The summed E-state index contributed by atoms with van der Waals surface area (Å²) in [5, 5.41) is 11.5. The van der Waals surface area contributed by atoms with Gasteiger partial charge in [0.2, 0.25) is 0 Å². The van der Waals surface area contributed by atoms with Crippen LogP contribution in [0.3, 0.4) is 0 Å². The zero-order chi connectivity index (χ0) is 22.2. The first-order valence-electron chi connectivity index (χ1n) is 11.6. The third-order valence-corrected chi connectivity index (χ3v) is 7.26. The van der Waals surface area contributed by atoms with Gasteiger partial charge in [0.15, 0.2) is 0 Å². The minimum Gasteiger partial charge on any atom is -0.497 e. The van der Waals surface area contributed by atoms with E-state index in [2.05, 4.69) is 45.0 Å². The topological polar surface area (TPSA) is 38.7 Å². The van der Waals surface area contributed by atoms with Gasteiger partial charge in [-0.2, -0.15) is 0 Å². The van der Waals surface area contributed by atoms with Crippen LogP contribution < -0.4 is 4.74 Å². The lowest BCUT2D eigenvalue weighted by molar-refractivity contribution is -0.123. The maximum Gasteiger partial charge on any atom is 0.129 e. The Labute approximate surface area is 185 Å². The van der Waals surface area contributed by atoms with Gasteiger partial charge in [0, 0.05) is 6.42 Å². The Morgan fingerprint density at radius 3 is 2.50 bits per heavy atom. The molecule has 4 heteroatoms. The zero-order valence-corrected chi connectivity index (χ0v) is 21.0. The predicted octanol–water partition coefficient (Wildman–Crippen LogP) is 6.07. The molecule has 0 aliphatic heterocycles. The summed E-state index contributed by atoms with van der Waals surface area (Å²) in [6.45, 7) is 12.4. The molecule has 2 unspecified atom stereocenters. The van der Waals surface area contributed by atoms with Gasteiger partial charge in [-0.3, -0.25) is 0 Å². The summed E-state index contributed by atoms with van der Waals surface area (Å²) in [4.78, 5) is 0. The highest BCUT2D eigenvalue weighted by Gasteiger charge is 2.42. The molecule has 0 bridgehead atoms. The zero-order valence-electron chi connectivity index (χ0n) is 20.0. The van der Waals surface area contributed by atoms with E-state index in [1.165, 1.54) is 0 Å². The van der Waals surface area contributed by atoms with Gasteiger partial charge >= 0.3 is 0 Å². The summed E-state index contributed by atoms with van der Waals surface area (Å²) in [6.07, 6.45) is 6.06. The van der Waals surface area contributed by atoms with E-state index < -0.39 is 13.7 Å². The van der Waals surface area contributed by atoms with Crippen molar-refractivity contribution in [3.05, 3.63) is 29.8 Å². The molecule has 1 aromatic rings. The van der Waals surface area contributed by atoms with Crippen LogP contribution in [0.25, 0.3) is 0 Å². The highest BCUT2D eigenvalue weighted by atomic mass is 28.3. The predicted molar refractivity (Wildman–Crippen MR) is 128 cm³/mol. The maximum atomic E-state index is 11.5. The second-order valence-electron chi connectivity index (χ2n) is 10.4. The molecule has 1 aliphatic carbocycles. The summed E-state index contributed by atoms with van der Waals surface area (Å²) in [7, 11) is 0.377. The molecular formula is C26H42O3Si. The average Bonchev–Trinajstić information content (AvgIpc) is 2.68. The third kappa shape index (κ3) is 8.10. The van der Waals surface area contributed by atoms with Gasteiger partial charge in [-0.15, -0.1) is 11.5 Å². The van der Waals surface area contributed by atoms with Crippen molar-refractivity contribution in [3.8, 4) is 17.2 Å². The first-order valence-corrected chi connectivity index (χ1v) is 15.1. The summed E-state index contributed by atoms with van der Waals surface area (Å²) in [5.41, 5.74) is 3.85. The minimum atomic E-state index is -1.30. The molecule has 0 heterocycles. The van der Waals surface area contributed by atoms with Crippen molar-refractivity contribution in [2.24, 2.45) is 17.8 Å². The van der Waals surface area contributed by atoms with E-state index in [9.17, 15) is 5.11 Å². The Kier molecular flexibility index (Phi) is 9.47. The number of ether oxygens (including phenoxy) is 2. The van der Waals surface area contributed by atoms with Crippen LogP contribution in [0.2, 0.25) is 19.6 Å². The number of unbranched alkanes of at least 4 members (excludes halogenated alkanes) is 1. The van der Waals surface area contributed by atoms with Crippen molar-refractivity contribution < 1.29 is 14.6 Å². The first-order chi connectivity index (χ1) is 14.1. The molecule has 1 N–H and O–H groups in total. The third-order valence-electron chi connectivity index (χ3n) is 6.34. The van der Waals surface area contributed by atoms with Crippen molar-refractivity contribution >= 4 is 8.07 Å². The quantitative estimate of drug-likeness (QED) is 0.294. The molecule has 0 radical (unpaired) electrons. The lowest BCUT2D eigenvalue weighted by Crippen LogP contribution is -2.47. The van der Waals surface area contributed by atoms with E-state index in [0.717, 1.165) is 49.8 Å². The molecule has 1 saturated carbocycles. The molecule has 1 aliphatic rings. The van der Waals surface area contributed by atoms with Crippen molar-refractivity contribution in [2.75, 3.05) is 13.7 Å². The molecule has 30 heavy (non-hydrogen) atoms. The van der Waals surface area contributed by atoms with Crippen molar-refractivity contribution in [2.45, 2.75) is 84.2 Å². The van der Waals surface area contributed by atoms with Gasteiger partial charge in [0.05, 0.1) is 25.9 Å².